The van der Waals surface area contributed by atoms with E-state index in [4.69, 9.17) is 4.74 Å². The highest BCUT2D eigenvalue weighted by molar-refractivity contribution is 5.85. The molecule has 0 aromatic rings. The molecule has 2 atom stereocenters. The van der Waals surface area contributed by atoms with E-state index in [2.05, 4.69) is 31.0 Å². The number of hydrogen-bond donors (Lipinski definition) is 1. The normalized spacial score (nSPS) is 34.7. The van der Waals surface area contributed by atoms with Crippen LogP contribution >= 0.6 is 12.4 Å². The molecule has 0 aromatic carbocycles. The van der Waals surface area contributed by atoms with Crippen molar-refractivity contribution in [2.24, 2.45) is 11.3 Å². The lowest BCUT2D eigenvalue weighted by molar-refractivity contribution is -0.0826. The van der Waals surface area contributed by atoms with Gasteiger partial charge in [0.05, 0.1) is 6.61 Å². The van der Waals surface area contributed by atoms with Crippen LogP contribution in [0.2, 0.25) is 0 Å². The summed E-state index contributed by atoms with van der Waals surface area (Å²) in [6, 6.07) is 0. The van der Waals surface area contributed by atoms with E-state index in [1.807, 2.05) is 0 Å². The van der Waals surface area contributed by atoms with Gasteiger partial charge >= 0.3 is 0 Å². The van der Waals surface area contributed by atoms with Crippen LogP contribution in [0.3, 0.4) is 0 Å². The van der Waals surface area contributed by atoms with Crippen molar-refractivity contribution in [2.75, 3.05) is 32.8 Å². The highest BCUT2D eigenvalue weighted by atomic mass is 35.5. The first-order valence-corrected chi connectivity index (χ1v) is 6.18. The smallest absolute Gasteiger partial charge is 0.112 e. The second-order valence-corrected chi connectivity index (χ2v) is 5.72. The molecule has 0 saturated carbocycles. The Morgan fingerprint density at radius 3 is 2.69 bits per heavy atom. The Hall–Kier alpha value is 0.170. The van der Waals surface area contributed by atoms with Crippen LogP contribution < -0.4 is 5.32 Å². The number of likely N-dealkylation sites (tertiary alicyclic amines) is 1. The van der Waals surface area contributed by atoms with Crippen molar-refractivity contribution in [1.29, 1.82) is 0 Å². The van der Waals surface area contributed by atoms with E-state index in [0.717, 1.165) is 13.2 Å². The standard InChI is InChI=1S/C12H24N2O.ClH/c1-4-14-6-5-10(7-14)11-13-8-12(2,3)9-15-11;/h10-11,13H,4-9H2,1-3H3;1H. The van der Waals surface area contributed by atoms with Gasteiger partial charge in [0, 0.05) is 24.4 Å². The molecule has 4 heteroatoms. The number of ether oxygens (including phenoxy) is 1. The molecule has 2 rings (SSSR count). The van der Waals surface area contributed by atoms with E-state index in [0.29, 0.717) is 17.6 Å². The van der Waals surface area contributed by atoms with E-state index < -0.39 is 0 Å². The van der Waals surface area contributed by atoms with Gasteiger partial charge in [0.2, 0.25) is 0 Å². The quantitative estimate of drug-likeness (QED) is 0.806. The van der Waals surface area contributed by atoms with Gasteiger partial charge < -0.3 is 9.64 Å². The molecule has 1 N–H and O–H groups in total. The van der Waals surface area contributed by atoms with Crippen LogP contribution in [0.15, 0.2) is 0 Å². The predicted molar refractivity (Wildman–Crippen MR) is 69.0 cm³/mol. The summed E-state index contributed by atoms with van der Waals surface area (Å²) in [5.41, 5.74) is 0.305. The summed E-state index contributed by atoms with van der Waals surface area (Å²) >= 11 is 0. The summed E-state index contributed by atoms with van der Waals surface area (Å²) in [5.74, 6) is 0.695. The molecular formula is C12H25ClN2O. The lowest BCUT2D eigenvalue weighted by atomic mass is 9.92. The van der Waals surface area contributed by atoms with E-state index in [-0.39, 0.29) is 12.4 Å². The molecule has 2 aliphatic rings. The third-order valence-electron chi connectivity index (χ3n) is 3.62. The van der Waals surface area contributed by atoms with E-state index in [1.165, 1.54) is 26.1 Å². The fraction of sp³-hybridized carbons (Fsp3) is 1.00. The highest BCUT2D eigenvalue weighted by Crippen LogP contribution is 2.26. The molecule has 0 bridgehead atoms. The summed E-state index contributed by atoms with van der Waals surface area (Å²) in [5, 5.41) is 3.55. The largest absolute Gasteiger partial charge is 0.362 e. The Kier molecular flexibility index (Phi) is 5.05. The Labute approximate surface area is 105 Å². The molecule has 2 unspecified atom stereocenters. The first kappa shape index (κ1) is 14.2. The minimum Gasteiger partial charge on any atom is -0.362 e. The van der Waals surface area contributed by atoms with Crippen molar-refractivity contribution in [1.82, 2.24) is 10.2 Å². The van der Waals surface area contributed by atoms with Gasteiger partial charge in [-0.3, -0.25) is 5.32 Å². The van der Waals surface area contributed by atoms with Gasteiger partial charge in [-0.05, 0) is 19.5 Å². The fourth-order valence-electron chi connectivity index (χ4n) is 2.50. The molecule has 3 nitrogen and oxygen atoms in total. The Morgan fingerprint density at radius 1 is 1.44 bits per heavy atom. The molecule has 96 valence electrons. The second-order valence-electron chi connectivity index (χ2n) is 5.72. The second kappa shape index (κ2) is 5.67. The summed E-state index contributed by atoms with van der Waals surface area (Å²) in [7, 11) is 0. The third-order valence-corrected chi connectivity index (χ3v) is 3.62. The number of rotatable bonds is 2. The van der Waals surface area contributed by atoms with Crippen LogP contribution in [0.25, 0.3) is 0 Å². The molecule has 0 spiro atoms. The number of nitrogens with one attached hydrogen (secondary N) is 1. The number of hydrogen-bond acceptors (Lipinski definition) is 3. The summed E-state index contributed by atoms with van der Waals surface area (Å²) in [4.78, 5) is 2.51. The number of nitrogens with zero attached hydrogens (tertiary/aromatic N) is 1. The zero-order valence-corrected chi connectivity index (χ0v) is 11.5. The Morgan fingerprint density at radius 2 is 2.19 bits per heavy atom. The van der Waals surface area contributed by atoms with Crippen LogP contribution in [0.4, 0.5) is 0 Å². The van der Waals surface area contributed by atoms with Crippen LogP contribution in [-0.2, 0) is 4.74 Å². The average molecular weight is 249 g/mol. The highest BCUT2D eigenvalue weighted by Gasteiger charge is 2.34. The van der Waals surface area contributed by atoms with Crippen molar-refractivity contribution in [2.45, 2.75) is 33.4 Å². The first-order valence-electron chi connectivity index (χ1n) is 6.18. The van der Waals surface area contributed by atoms with E-state index in [1.54, 1.807) is 0 Å². The maximum atomic E-state index is 5.93. The topological polar surface area (TPSA) is 24.5 Å². The molecule has 0 aromatic heterocycles. The maximum Gasteiger partial charge on any atom is 0.112 e. The molecule has 2 fully saturated rings. The van der Waals surface area contributed by atoms with E-state index in [9.17, 15) is 0 Å². The van der Waals surface area contributed by atoms with Gasteiger partial charge in [0.15, 0.2) is 0 Å². The lowest BCUT2D eigenvalue weighted by Crippen LogP contribution is -2.51. The fourth-order valence-corrected chi connectivity index (χ4v) is 2.50. The van der Waals surface area contributed by atoms with Crippen molar-refractivity contribution < 1.29 is 4.74 Å². The molecule has 0 radical (unpaired) electrons. The van der Waals surface area contributed by atoms with Gasteiger partial charge in [0.1, 0.15) is 6.23 Å². The molecule has 2 aliphatic heterocycles. The molecular weight excluding hydrogens is 224 g/mol. The molecule has 0 amide bonds. The summed E-state index contributed by atoms with van der Waals surface area (Å²) in [6.07, 6.45) is 1.58. The monoisotopic (exact) mass is 248 g/mol. The SMILES string of the molecule is CCN1CCC(C2NCC(C)(C)CO2)C1.Cl. The summed E-state index contributed by atoms with van der Waals surface area (Å²) < 4.78 is 5.93. The van der Waals surface area contributed by atoms with Gasteiger partial charge in [-0.15, -0.1) is 12.4 Å². The Balaban J connectivity index is 0.00000128. The third kappa shape index (κ3) is 3.33. The minimum absolute atomic E-state index is 0. The molecule has 2 saturated heterocycles. The minimum atomic E-state index is 0. The van der Waals surface area contributed by atoms with Gasteiger partial charge in [-0.25, -0.2) is 0 Å². The van der Waals surface area contributed by atoms with Crippen molar-refractivity contribution in [3.63, 3.8) is 0 Å². The van der Waals surface area contributed by atoms with Gasteiger partial charge in [-0.2, -0.15) is 0 Å². The predicted octanol–water partition coefficient (Wildman–Crippen LogP) is 1.72. The van der Waals surface area contributed by atoms with Crippen molar-refractivity contribution >= 4 is 12.4 Å². The zero-order chi connectivity index (χ0) is 10.9. The zero-order valence-electron chi connectivity index (χ0n) is 10.7. The maximum absolute atomic E-state index is 5.93. The van der Waals surface area contributed by atoms with Crippen LogP contribution in [0, 0.1) is 11.3 Å². The van der Waals surface area contributed by atoms with Gasteiger partial charge in [0.25, 0.3) is 0 Å². The van der Waals surface area contributed by atoms with Gasteiger partial charge in [-0.1, -0.05) is 20.8 Å². The van der Waals surface area contributed by atoms with Crippen molar-refractivity contribution in [3.05, 3.63) is 0 Å². The summed E-state index contributed by atoms with van der Waals surface area (Å²) in [6.45, 7) is 12.3. The van der Waals surface area contributed by atoms with Crippen LogP contribution in [-0.4, -0.2) is 43.9 Å². The lowest BCUT2D eigenvalue weighted by Gasteiger charge is -2.38. The molecule has 0 aliphatic carbocycles. The number of halogens is 1. The first-order chi connectivity index (χ1) is 7.11. The van der Waals surface area contributed by atoms with Crippen LogP contribution in [0.1, 0.15) is 27.2 Å². The van der Waals surface area contributed by atoms with Crippen molar-refractivity contribution in [3.8, 4) is 0 Å². The Bertz CT molecular complexity index is 213. The molecule has 16 heavy (non-hydrogen) atoms. The average Bonchev–Trinajstić information content (AvgIpc) is 2.66. The molecule has 2 heterocycles. The van der Waals surface area contributed by atoms with Crippen LogP contribution in [0.5, 0.6) is 0 Å². The van der Waals surface area contributed by atoms with E-state index >= 15 is 0 Å².